The molecule has 0 spiro atoms. The van der Waals surface area contributed by atoms with E-state index in [2.05, 4.69) is 37.0 Å². The number of hydrogen-bond donors (Lipinski definition) is 0. The van der Waals surface area contributed by atoms with Crippen LogP contribution in [-0.2, 0) is 5.88 Å². The summed E-state index contributed by atoms with van der Waals surface area (Å²) >= 11 is 11.9. The highest BCUT2D eigenvalue weighted by Crippen LogP contribution is 2.26. The first-order valence-electron chi connectivity index (χ1n) is 6.04. The van der Waals surface area contributed by atoms with Crippen LogP contribution in [0.15, 0.2) is 30.3 Å². The van der Waals surface area contributed by atoms with E-state index in [1.165, 1.54) is 11.1 Å². The molecule has 2 aromatic rings. The second-order valence-electron chi connectivity index (χ2n) is 4.64. The number of aryl methyl sites for hydroxylation is 2. The summed E-state index contributed by atoms with van der Waals surface area (Å²) in [6.45, 7) is 4.17. The molecule has 0 unspecified atom stereocenters. The minimum absolute atomic E-state index is 0.313. The van der Waals surface area contributed by atoms with Crippen LogP contribution in [0.4, 0.5) is 11.5 Å². The SMILES string of the molecule is Cc1cc(C)cc(N(C)c2ccc(Cl)c(CCl)n2)c1. The van der Waals surface area contributed by atoms with Gasteiger partial charge in [0.2, 0.25) is 0 Å². The Morgan fingerprint density at radius 2 is 1.74 bits per heavy atom. The Kier molecular flexibility index (Phi) is 4.33. The number of pyridine rings is 1. The molecule has 0 saturated carbocycles. The number of aromatic nitrogens is 1. The van der Waals surface area contributed by atoms with Crippen molar-refractivity contribution >= 4 is 34.7 Å². The maximum Gasteiger partial charge on any atom is 0.133 e. The van der Waals surface area contributed by atoms with E-state index in [0.717, 1.165) is 11.5 Å². The van der Waals surface area contributed by atoms with Crippen molar-refractivity contribution in [1.82, 2.24) is 4.98 Å². The number of rotatable bonds is 3. The largest absolute Gasteiger partial charge is 0.329 e. The zero-order chi connectivity index (χ0) is 14.0. The van der Waals surface area contributed by atoms with Crippen LogP contribution >= 0.6 is 23.2 Å². The minimum Gasteiger partial charge on any atom is -0.329 e. The topological polar surface area (TPSA) is 16.1 Å². The van der Waals surface area contributed by atoms with E-state index >= 15 is 0 Å². The van der Waals surface area contributed by atoms with Gasteiger partial charge in [0.1, 0.15) is 5.82 Å². The number of hydrogen-bond acceptors (Lipinski definition) is 2. The van der Waals surface area contributed by atoms with E-state index < -0.39 is 0 Å². The first kappa shape index (κ1) is 14.2. The molecule has 100 valence electrons. The summed E-state index contributed by atoms with van der Waals surface area (Å²) in [7, 11) is 1.99. The van der Waals surface area contributed by atoms with E-state index in [-0.39, 0.29) is 0 Å². The lowest BCUT2D eigenvalue weighted by atomic mass is 10.1. The first-order chi connectivity index (χ1) is 9.01. The van der Waals surface area contributed by atoms with Crippen LogP contribution in [0, 0.1) is 13.8 Å². The molecule has 0 aliphatic carbocycles. The molecule has 2 nitrogen and oxygen atoms in total. The maximum atomic E-state index is 6.03. The fourth-order valence-electron chi connectivity index (χ4n) is 2.03. The van der Waals surface area contributed by atoms with Crippen LogP contribution in [0.5, 0.6) is 0 Å². The molecule has 0 N–H and O–H groups in total. The molecule has 0 amide bonds. The fourth-order valence-corrected chi connectivity index (χ4v) is 2.47. The summed E-state index contributed by atoms with van der Waals surface area (Å²) < 4.78 is 0. The van der Waals surface area contributed by atoms with E-state index in [1.54, 1.807) is 0 Å². The Morgan fingerprint density at radius 3 is 2.32 bits per heavy atom. The molecule has 1 aromatic heterocycles. The van der Waals surface area contributed by atoms with Gasteiger partial charge in [-0.3, -0.25) is 0 Å². The van der Waals surface area contributed by atoms with E-state index in [0.29, 0.717) is 16.6 Å². The number of nitrogens with zero attached hydrogens (tertiary/aromatic N) is 2. The molecule has 0 fully saturated rings. The van der Waals surface area contributed by atoms with Gasteiger partial charge in [-0.25, -0.2) is 4.98 Å². The molecular weight excluding hydrogens is 279 g/mol. The molecule has 0 aliphatic heterocycles. The molecule has 1 aromatic carbocycles. The quantitative estimate of drug-likeness (QED) is 0.752. The monoisotopic (exact) mass is 294 g/mol. The molecular formula is C15H16Cl2N2. The third-order valence-corrected chi connectivity index (χ3v) is 3.57. The molecule has 1 heterocycles. The van der Waals surface area contributed by atoms with Crippen LogP contribution in [0.25, 0.3) is 0 Å². The molecule has 0 atom stereocenters. The summed E-state index contributed by atoms with van der Waals surface area (Å²) in [5.74, 6) is 1.15. The summed E-state index contributed by atoms with van der Waals surface area (Å²) in [5, 5.41) is 0.604. The highest BCUT2D eigenvalue weighted by molar-refractivity contribution is 6.32. The standard InChI is InChI=1S/C15H16Cl2N2/c1-10-6-11(2)8-12(7-10)19(3)15-5-4-13(17)14(9-16)18-15/h4-8H,9H2,1-3H3. The van der Waals surface area contributed by atoms with Crippen LogP contribution in [0.1, 0.15) is 16.8 Å². The second kappa shape index (κ2) is 5.81. The number of halogens is 2. The summed E-state index contributed by atoms with van der Waals surface area (Å²) in [6.07, 6.45) is 0. The van der Waals surface area contributed by atoms with Crippen molar-refractivity contribution in [3.05, 3.63) is 52.2 Å². The van der Waals surface area contributed by atoms with Gasteiger partial charge < -0.3 is 4.90 Å². The Labute approximate surface area is 124 Å². The molecule has 4 heteroatoms. The number of benzene rings is 1. The normalized spacial score (nSPS) is 10.6. The van der Waals surface area contributed by atoms with Gasteiger partial charge in [0.05, 0.1) is 16.6 Å². The highest BCUT2D eigenvalue weighted by atomic mass is 35.5. The summed E-state index contributed by atoms with van der Waals surface area (Å²) in [4.78, 5) is 6.52. The highest BCUT2D eigenvalue weighted by Gasteiger charge is 2.09. The Morgan fingerprint density at radius 1 is 1.11 bits per heavy atom. The summed E-state index contributed by atoms with van der Waals surface area (Å²) in [5.41, 5.74) is 4.27. The fraction of sp³-hybridized carbons (Fsp3) is 0.267. The van der Waals surface area contributed by atoms with Crippen LogP contribution in [0.3, 0.4) is 0 Å². The lowest BCUT2D eigenvalue weighted by Gasteiger charge is -2.20. The zero-order valence-electron chi connectivity index (χ0n) is 11.2. The molecule has 2 rings (SSSR count). The predicted molar refractivity (Wildman–Crippen MR) is 82.8 cm³/mol. The van der Waals surface area contributed by atoms with E-state index in [1.807, 2.05) is 24.1 Å². The second-order valence-corrected chi connectivity index (χ2v) is 5.31. The van der Waals surface area contributed by atoms with E-state index in [9.17, 15) is 0 Å². The van der Waals surface area contributed by atoms with Gasteiger partial charge in [0.25, 0.3) is 0 Å². The van der Waals surface area contributed by atoms with Crippen molar-refractivity contribution in [2.75, 3.05) is 11.9 Å². The van der Waals surface area contributed by atoms with E-state index in [4.69, 9.17) is 23.2 Å². The zero-order valence-corrected chi connectivity index (χ0v) is 12.8. The first-order valence-corrected chi connectivity index (χ1v) is 6.96. The summed E-state index contributed by atoms with van der Waals surface area (Å²) in [6, 6.07) is 10.1. The van der Waals surface area contributed by atoms with Gasteiger partial charge in [0, 0.05) is 12.7 Å². The van der Waals surface area contributed by atoms with Gasteiger partial charge >= 0.3 is 0 Å². The van der Waals surface area contributed by atoms with Crippen LogP contribution in [0.2, 0.25) is 5.02 Å². The van der Waals surface area contributed by atoms with Gasteiger partial charge in [-0.2, -0.15) is 0 Å². The van der Waals surface area contributed by atoms with Crippen molar-refractivity contribution in [3.63, 3.8) is 0 Å². The maximum absolute atomic E-state index is 6.03. The Hall–Kier alpha value is -1.25. The Balaban J connectivity index is 2.40. The molecule has 0 aliphatic rings. The van der Waals surface area contributed by atoms with Crippen molar-refractivity contribution in [2.45, 2.75) is 19.7 Å². The van der Waals surface area contributed by atoms with Crippen molar-refractivity contribution in [3.8, 4) is 0 Å². The molecule has 19 heavy (non-hydrogen) atoms. The Bertz CT molecular complexity index is 576. The number of anilines is 2. The third-order valence-electron chi connectivity index (χ3n) is 2.97. The van der Waals surface area contributed by atoms with Crippen LogP contribution < -0.4 is 4.90 Å². The van der Waals surface area contributed by atoms with Gasteiger partial charge in [-0.15, -0.1) is 11.6 Å². The van der Waals surface area contributed by atoms with Crippen molar-refractivity contribution in [1.29, 1.82) is 0 Å². The lowest BCUT2D eigenvalue weighted by Crippen LogP contribution is -2.12. The van der Waals surface area contributed by atoms with Gasteiger partial charge in [-0.1, -0.05) is 17.7 Å². The van der Waals surface area contributed by atoms with Gasteiger partial charge in [-0.05, 0) is 49.2 Å². The van der Waals surface area contributed by atoms with Gasteiger partial charge in [0.15, 0.2) is 0 Å². The smallest absolute Gasteiger partial charge is 0.133 e. The minimum atomic E-state index is 0.313. The van der Waals surface area contributed by atoms with Crippen molar-refractivity contribution in [2.24, 2.45) is 0 Å². The molecule has 0 radical (unpaired) electrons. The average molecular weight is 295 g/mol. The van der Waals surface area contributed by atoms with Crippen molar-refractivity contribution < 1.29 is 0 Å². The lowest BCUT2D eigenvalue weighted by molar-refractivity contribution is 1.08. The molecule has 0 saturated heterocycles. The average Bonchev–Trinajstić information content (AvgIpc) is 2.37. The number of alkyl halides is 1. The van der Waals surface area contributed by atoms with Crippen LogP contribution in [-0.4, -0.2) is 12.0 Å². The third kappa shape index (κ3) is 3.20. The predicted octanol–water partition coefficient (Wildman–Crippen LogP) is 4.86. The molecule has 0 bridgehead atoms.